The number of amides is 1. The van der Waals surface area contributed by atoms with E-state index >= 15 is 0 Å². The van der Waals surface area contributed by atoms with Crippen LogP contribution in [0.4, 0.5) is 15.9 Å². The molecule has 0 unspecified atom stereocenters. The van der Waals surface area contributed by atoms with E-state index in [2.05, 4.69) is 14.8 Å². The van der Waals surface area contributed by atoms with Crippen LogP contribution in [-0.4, -0.2) is 60.5 Å². The number of rotatable bonds is 7. The zero-order valence-electron chi connectivity index (χ0n) is 19.9. The molecule has 34 heavy (non-hydrogen) atoms. The second-order valence-corrected chi connectivity index (χ2v) is 9.33. The maximum absolute atomic E-state index is 14.2. The molecule has 3 aromatic rings. The zero-order chi connectivity index (χ0) is 24.1. The molecule has 1 aliphatic heterocycles. The number of aromatic nitrogens is 2. The van der Waals surface area contributed by atoms with Crippen molar-refractivity contribution in [1.82, 2.24) is 14.9 Å². The fourth-order valence-corrected chi connectivity index (χ4v) is 4.78. The van der Waals surface area contributed by atoms with E-state index in [1.807, 2.05) is 63.4 Å². The van der Waals surface area contributed by atoms with Crippen LogP contribution in [0.15, 0.2) is 59.8 Å². The first-order valence-corrected chi connectivity index (χ1v) is 12.5. The Balaban J connectivity index is 1.40. The molecule has 1 aliphatic rings. The third kappa shape index (κ3) is 5.67. The van der Waals surface area contributed by atoms with Crippen LogP contribution in [0.5, 0.6) is 0 Å². The van der Waals surface area contributed by atoms with Gasteiger partial charge < -0.3 is 14.7 Å². The van der Waals surface area contributed by atoms with Gasteiger partial charge in [0.15, 0.2) is 5.16 Å². The van der Waals surface area contributed by atoms with E-state index in [1.165, 1.54) is 6.07 Å². The monoisotopic (exact) mass is 479 g/mol. The molecule has 8 heteroatoms. The maximum Gasteiger partial charge on any atom is 0.253 e. The van der Waals surface area contributed by atoms with Crippen LogP contribution >= 0.6 is 11.8 Å². The topological polar surface area (TPSA) is 52.6 Å². The molecule has 0 saturated carbocycles. The number of anilines is 2. The van der Waals surface area contributed by atoms with E-state index in [4.69, 9.17) is 4.98 Å². The second kappa shape index (κ2) is 10.9. The van der Waals surface area contributed by atoms with Gasteiger partial charge in [-0.05, 0) is 43.7 Å². The van der Waals surface area contributed by atoms with Gasteiger partial charge in [0.2, 0.25) is 0 Å². The van der Waals surface area contributed by atoms with E-state index in [0.29, 0.717) is 28.7 Å². The number of benzene rings is 2. The smallest absolute Gasteiger partial charge is 0.253 e. The summed E-state index contributed by atoms with van der Waals surface area (Å²) >= 11 is 1.57. The van der Waals surface area contributed by atoms with Crippen LogP contribution in [-0.2, 0) is 5.75 Å². The SMILES string of the molecule is CCN(C)C(=O)c1cccc(CSc2nc(C)cc(N3CCN(c4ccccc4F)CC3)n2)c1. The van der Waals surface area contributed by atoms with Crippen LogP contribution in [0, 0.1) is 12.7 Å². The number of halogens is 1. The molecule has 1 saturated heterocycles. The molecule has 1 fully saturated rings. The molecule has 0 N–H and O–H groups in total. The predicted molar refractivity (Wildman–Crippen MR) is 136 cm³/mol. The lowest BCUT2D eigenvalue weighted by Crippen LogP contribution is -2.47. The standard InChI is InChI=1S/C26H30FN5OS/c1-4-30(3)25(33)21-9-7-8-20(17-21)18-34-26-28-19(2)16-24(29-26)32-14-12-31(13-15-32)23-11-6-5-10-22(23)27/h5-11,16-17H,4,12-15,18H2,1-3H3. The first kappa shape index (κ1) is 24.0. The lowest BCUT2D eigenvalue weighted by Gasteiger charge is -2.37. The molecular formula is C26H30FN5OS. The molecule has 1 amide bonds. The largest absolute Gasteiger partial charge is 0.366 e. The average molecular weight is 480 g/mol. The first-order valence-electron chi connectivity index (χ1n) is 11.5. The Hall–Kier alpha value is -3.13. The Morgan fingerprint density at radius 1 is 1.03 bits per heavy atom. The van der Waals surface area contributed by atoms with Crippen LogP contribution in [0.25, 0.3) is 0 Å². The summed E-state index contributed by atoms with van der Waals surface area (Å²) in [5, 5.41) is 0.717. The predicted octanol–water partition coefficient (Wildman–Crippen LogP) is 4.63. The summed E-state index contributed by atoms with van der Waals surface area (Å²) in [5.74, 6) is 1.43. The van der Waals surface area contributed by atoms with Gasteiger partial charge in [-0.1, -0.05) is 36.0 Å². The highest BCUT2D eigenvalue weighted by atomic mass is 32.2. The minimum atomic E-state index is -0.181. The van der Waals surface area contributed by atoms with E-state index < -0.39 is 0 Å². The van der Waals surface area contributed by atoms with Crippen LogP contribution < -0.4 is 9.80 Å². The molecule has 0 aliphatic carbocycles. The van der Waals surface area contributed by atoms with Crippen molar-refractivity contribution in [1.29, 1.82) is 0 Å². The van der Waals surface area contributed by atoms with Gasteiger partial charge in [-0.3, -0.25) is 4.79 Å². The van der Waals surface area contributed by atoms with Crippen molar-refractivity contribution in [3.8, 4) is 0 Å². The molecule has 2 heterocycles. The number of carbonyl (C=O) groups is 1. The highest BCUT2D eigenvalue weighted by Crippen LogP contribution is 2.26. The third-order valence-electron chi connectivity index (χ3n) is 5.98. The van der Waals surface area contributed by atoms with E-state index in [1.54, 1.807) is 22.7 Å². The summed E-state index contributed by atoms with van der Waals surface area (Å²) in [5.41, 5.74) is 3.33. The van der Waals surface area contributed by atoms with Crippen molar-refractivity contribution in [3.63, 3.8) is 0 Å². The van der Waals surface area contributed by atoms with Crippen molar-refractivity contribution in [2.45, 2.75) is 24.8 Å². The number of carbonyl (C=O) groups excluding carboxylic acids is 1. The molecular weight excluding hydrogens is 449 g/mol. The maximum atomic E-state index is 14.2. The van der Waals surface area contributed by atoms with Crippen LogP contribution in [0.1, 0.15) is 28.5 Å². The molecule has 0 atom stereocenters. The Kier molecular flexibility index (Phi) is 7.67. The summed E-state index contributed by atoms with van der Waals surface area (Å²) in [4.78, 5) is 27.9. The fraction of sp³-hybridized carbons (Fsp3) is 0.346. The van der Waals surface area contributed by atoms with Gasteiger partial charge >= 0.3 is 0 Å². The van der Waals surface area contributed by atoms with Gasteiger partial charge in [0.05, 0.1) is 5.69 Å². The third-order valence-corrected chi connectivity index (χ3v) is 6.90. The average Bonchev–Trinajstić information content (AvgIpc) is 2.87. The Bertz CT molecular complexity index is 1150. The molecule has 0 radical (unpaired) electrons. The molecule has 6 nitrogen and oxygen atoms in total. The number of hydrogen-bond donors (Lipinski definition) is 0. The molecule has 0 bridgehead atoms. The fourth-order valence-electron chi connectivity index (χ4n) is 3.94. The van der Waals surface area contributed by atoms with Gasteiger partial charge in [0, 0.05) is 62.8 Å². The van der Waals surface area contributed by atoms with E-state index in [0.717, 1.165) is 43.3 Å². The number of thioether (sulfide) groups is 1. The molecule has 178 valence electrons. The van der Waals surface area contributed by atoms with Gasteiger partial charge in [-0.25, -0.2) is 14.4 Å². The molecule has 2 aromatic carbocycles. The van der Waals surface area contributed by atoms with Crippen molar-refractivity contribution < 1.29 is 9.18 Å². The number of hydrogen-bond acceptors (Lipinski definition) is 6. The summed E-state index contributed by atoms with van der Waals surface area (Å²) < 4.78 is 14.2. The molecule has 1 aromatic heterocycles. The van der Waals surface area contributed by atoms with Crippen molar-refractivity contribution in [3.05, 3.63) is 77.2 Å². The molecule has 0 spiro atoms. The lowest BCUT2D eigenvalue weighted by atomic mass is 10.1. The second-order valence-electron chi connectivity index (χ2n) is 8.38. The van der Waals surface area contributed by atoms with Crippen LogP contribution in [0.3, 0.4) is 0 Å². The highest BCUT2D eigenvalue weighted by molar-refractivity contribution is 7.98. The van der Waals surface area contributed by atoms with Crippen molar-refractivity contribution in [2.24, 2.45) is 0 Å². The summed E-state index contributed by atoms with van der Waals surface area (Å²) in [6.07, 6.45) is 0. The Labute approximate surface area is 204 Å². The van der Waals surface area contributed by atoms with Crippen LogP contribution in [0.2, 0.25) is 0 Å². The summed E-state index contributed by atoms with van der Waals surface area (Å²) in [7, 11) is 1.81. The van der Waals surface area contributed by atoms with Gasteiger partial charge in [-0.15, -0.1) is 0 Å². The first-order chi connectivity index (χ1) is 16.4. The van der Waals surface area contributed by atoms with Crippen molar-refractivity contribution >= 4 is 29.2 Å². The number of piperazine rings is 1. The van der Waals surface area contributed by atoms with Crippen molar-refractivity contribution in [2.75, 3.05) is 49.6 Å². The normalized spacial score (nSPS) is 13.8. The number of para-hydroxylation sites is 1. The Morgan fingerprint density at radius 2 is 1.76 bits per heavy atom. The lowest BCUT2D eigenvalue weighted by molar-refractivity contribution is 0.0802. The summed E-state index contributed by atoms with van der Waals surface area (Å²) in [6.45, 7) is 7.62. The van der Waals surface area contributed by atoms with Gasteiger partial charge in [-0.2, -0.15) is 0 Å². The van der Waals surface area contributed by atoms with Gasteiger partial charge in [0.25, 0.3) is 5.91 Å². The van der Waals surface area contributed by atoms with E-state index in [9.17, 15) is 9.18 Å². The van der Waals surface area contributed by atoms with E-state index in [-0.39, 0.29) is 11.7 Å². The molecule has 4 rings (SSSR count). The number of nitrogens with zero attached hydrogens (tertiary/aromatic N) is 5. The highest BCUT2D eigenvalue weighted by Gasteiger charge is 2.21. The number of aryl methyl sites for hydroxylation is 1. The van der Waals surface area contributed by atoms with Gasteiger partial charge in [0.1, 0.15) is 11.6 Å². The zero-order valence-corrected chi connectivity index (χ0v) is 20.7. The minimum Gasteiger partial charge on any atom is -0.366 e. The summed E-state index contributed by atoms with van der Waals surface area (Å²) in [6, 6.07) is 16.7. The minimum absolute atomic E-state index is 0.0259. The quantitative estimate of drug-likeness (QED) is 0.364. The Morgan fingerprint density at radius 3 is 2.50 bits per heavy atom.